The fourth-order valence-electron chi connectivity index (χ4n) is 3.88. The van der Waals surface area contributed by atoms with E-state index in [1.54, 1.807) is 7.05 Å². The first-order valence-corrected chi connectivity index (χ1v) is 10.1. The van der Waals surface area contributed by atoms with E-state index in [1.807, 2.05) is 4.90 Å². The quantitative estimate of drug-likeness (QED) is 0.227. The third-order valence-corrected chi connectivity index (χ3v) is 5.49. The van der Waals surface area contributed by atoms with Gasteiger partial charge in [-0.2, -0.15) is 0 Å². The Morgan fingerprint density at radius 3 is 2.52 bits per heavy atom. The molecular weight excluding hydrogens is 526 g/mol. The molecule has 1 aliphatic carbocycles. The van der Waals surface area contributed by atoms with Crippen LogP contribution in [0.1, 0.15) is 32.1 Å². The molecule has 1 aliphatic heterocycles. The molecule has 31 heavy (non-hydrogen) atoms. The van der Waals surface area contributed by atoms with Crippen LogP contribution in [-0.2, 0) is 9.59 Å². The van der Waals surface area contributed by atoms with Crippen molar-refractivity contribution in [3.8, 4) is 0 Å². The van der Waals surface area contributed by atoms with Crippen LogP contribution in [-0.4, -0.2) is 55.4 Å². The highest BCUT2D eigenvalue weighted by Gasteiger charge is 2.32. The van der Waals surface area contributed by atoms with Crippen LogP contribution >= 0.6 is 24.0 Å². The number of halogens is 4. The first-order chi connectivity index (χ1) is 14.4. The highest BCUT2D eigenvalue weighted by Crippen LogP contribution is 2.27. The third kappa shape index (κ3) is 6.47. The molecule has 3 rings (SSSR count). The van der Waals surface area contributed by atoms with E-state index in [2.05, 4.69) is 20.9 Å². The summed E-state index contributed by atoms with van der Waals surface area (Å²) in [4.78, 5) is 30.5. The van der Waals surface area contributed by atoms with Crippen molar-refractivity contribution < 1.29 is 22.8 Å². The van der Waals surface area contributed by atoms with Gasteiger partial charge in [0, 0.05) is 32.1 Å². The molecule has 1 unspecified atom stereocenters. The highest BCUT2D eigenvalue weighted by molar-refractivity contribution is 14.0. The Bertz CT molecular complexity index is 833. The zero-order valence-electron chi connectivity index (χ0n) is 17.2. The van der Waals surface area contributed by atoms with Crippen molar-refractivity contribution in [2.45, 2.75) is 38.1 Å². The summed E-state index contributed by atoms with van der Waals surface area (Å²) in [7, 11) is 1.54. The maximum Gasteiger partial charge on any atom is 0.243 e. The number of rotatable bonds is 5. The molecule has 3 N–H and O–H groups in total. The number of benzene rings is 1. The molecule has 1 heterocycles. The summed E-state index contributed by atoms with van der Waals surface area (Å²) in [6.07, 6.45) is 4.91. The molecule has 1 saturated heterocycles. The lowest BCUT2D eigenvalue weighted by Crippen LogP contribution is -2.47. The Labute approximate surface area is 196 Å². The first kappa shape index (κ1) is 25.2. The van der Waals surface area contributed by atoms with Crippen molar-refractivity contribution in [2.75, 3.05) is 32.0 Å². The fourth-order valence-corrected chi connectivity index (χ4v) is 3.88. The number of carbonyl (C=O) groups is 2. The summed E-state index contributed by atoms with van der Waals surface area (Å²) in [6.45, 7) is 0.998. The topological polar surface area (TPSA) is 85.8 Å². The predicted molar refractivity (Wildman–Crippen MR) is 122 cm³/mol. The maximum atomic E-state index is 13.7. The second-order valence-corrected chi connectivity index (χ2v) is 7.59. The SMILES string of the molecule is CN=C(NCC(=O)Nc1ccc(F)c(F)c1F)NC1CCN(C(=O)C2CCCC2)C1.I. The van der Waals surface area contributed by atoms with E-state index >= 15 is 0 Å². The number of carbonyl (C=O) groups excluding carboxylic acids is 2. The van der Waals surface area contributed by atoms with E-state index in [4.69, 9.17) is 0 Å². The molecule has 0 radical (unpaired) electrons. The molecule has 172 valence electrons. The Morgan fingerprint density at radius 1 is 1.13 bits per heavy atom. The Hall–Kier alpha value is -2.05. The van der Waals surface area contributed by atoms with Crippen molar-refractivity contribution >= 4 is 47.4 Å². The van der Waals surface area contributed by atoms with Gasteiger partial charge < -0.3 is 20.9 Å². The van der Waals surface area contributed by atoms with Gasteiger partial charge in [-0.25, -0.2) is 13.2 Å². The standard InChI is InChI=1S/C20H26F3N5O2.HI/c1-24-20(25-10-16(29)27-15-7-6-14(21)17(22)18(15)23)26-13-8-9-28(11-13)19(30)12-4-2-3-5-12;/h6-7,12-13H,2-5,8-11H2,1H3,(H,27,29)(H2,24,25,26);1H. The van der Waals surface area contributed by atoms with Gasteiger partial charge in [0.2, 0.25) is 11.8 Å². The number of aliphatic imine (C=N–C) groups is 1. The molecule has 1 aromatic carbocycles. The smallest absolute Gasteiger partial charge is 0.243 e. The second kappa shape index (κ2) is 11.5. The summed E-state index contributed by atoms with van der Waals surface area (Å²) >= 11 is 0. The van der Waals surface area contributed by atoms with Gasteiger partial charge in [0.05, 0.1) is 12.2 Å². The van der Waals surface area contributed by atoms with Crippen LogP contribution in [0, 0.1) is 23.4 Å². The van der Waals surface area contributed by atoms with Crippen LogP contribution in [0.15, 0.2) is 17.1 Å². The lowest BCUT2D eigenvalue weighted by atomic mass is 10.1. The van der Waals surface area contributed by atoms with Gasteiger partial charge in [0.25, 0.3) is 0 Å². The van der Waals surface area contributed by atoms with Gasteiger partial charge in [0.1, 0.15) is 0 Å². The molecule has 7 nitrogen and oxygen atoms in total. The average molecular weight is 553 g/mol. The largest absolute Gasteiger partial charge is 0.352 e. The zero-order valence-corrected chi connectivity index (χ0v) is 19.5. The number of nitrogens with zero attached hydrogens (tertiary/aromatic N) is 2. The summed E-state index contributed by atoms with van der Waals surface area (Å²) in [5, 5.41) is 8.15. The number of guanidine groups is 1. The Balaban J connectivity index is 0.00000341. The van der Waals surface area contributed by atoms with Gasteiger partial charge in [-0.3, -0.25) is 14.6 Å². The van der Waals surface area contributed by atoms with E-state index in [0.29, 0.717) is 19.0 Å². The number of amides is 2. The van der Waals surface area contributed by atoms with Crippen molar-refractivity contribution in [1.82, 2.24) is 15.5 Å². The highest BCUT2D eigenvalue weighted by atomic mass is 127. The predicted octanol–water partition coefficient (Wildman–Crippen LogP) is 2.62. The number of anilines is 1. The Morgan fingerprint density at radius 2 is 1.84 bits per heavy atom. The average Bonchev–Trinajstić information content (AvgIpc) is 3.43. The van der Waals surface area contributed by atoms with Crippen molar-refractivity contribution in [3.63, 3.8) is 0 Å². The van der Waals surface area contributed by atoms with E-state index in [0.717, 1.165) is 44.2 Å². The van der Waals surface area contributed by atoms with Crippen molar-refractivity contribution in [2.24, 2.45) is 10.9 Å². The molecule has 2 aliphatic rings. The maximum absolute atomic E-state index is 13.7. The van der Waals surface area contributed by atoms with Crippen LogP contribution < -0.4 is 16.0 Å². The first-order valence-electron chi connectivity index (χ1n) is 10.1. The van der Waals surface area contributed by atoms with Crippen molar-refractivity contribution in [1.29, 1.82) is 0 Å². The van der Waals surface area contributed by atoms with Crippen LogP contribution in [0.5, 0.6) is 0 Å². The van der Waals surface area contributed by atoms with E-state index in [9.17, 15) is 22.8 Å². The zero-order chi connectivity index (χ0) is 21.7. The molecule has 1 aromatic rings. The van der Waals surface area contributed by atoms with Crippen LogP contribution in [0.2, 0.25) is 0 Å². The van der Waals surface area contributed by atoms with Gasteiger partial charge in [0.15, 0.2) is 23.4 Å². The fraction of sp³-hybridized carbons (Fsp3) is 0.550. The van der Waals surface area contributed by atoms with Crippen LogP contribution in [0.4, 0.5) is 18.9 Å². The molecule has 0 aromatic heterocycles. The minimum Gasteiger partial charge on any atom is -0.352 e. The molecular formula is C20H27F3IN5O2. The summed E-state index contributed by atoms with van der Waals surface area (Å²) in [6, 6.07) is 1.70. The molecule has 2 amide bonds. The molecule has 0 bridgehead atoms. The molecule has 11 heteroatoms. The lowest BCUT2D eigenvalue weighted by molar-refractivity contribution is -0.134. The summed E-state index contributed by atoms with van der Waals surface area (Å²) in [5.74, 6) is -4.36. The van der Waals surface area contributed by atoms with E-state index in [1.165, 1.54) is 0 Å². The normalized spacial score (nSPS) is 19.2. The summed E-state index contributed by atoms with van der Waals surface area (Å²) in [5.41, 5.74) is -0.444. The molecule has 1 atom stereocenters. The second-order valence-electron chi connectivity index (χ2n) is 7.59. The number of likely N-dealkylation sites (tertiary alicyclic amines) is 1. The molecule has 0 spiro atoms. The third-order valence-electron chi connectivity index (χ3n) is 5.49. The molecule has 1 saturated carbocycles. The van der Waals surface area contributed by atoms with Gasteiger partial charge >= 0.3 is 0 Å². The van der Waals surface area contributed by atoms with E-state index in [-0.39, 0.29) is 48.4 Å². The van der Waals surface area contributed by atoms with Gasteiger partial charge in [-0.1, -0.05) is 12.8 Å². The number of nitrogens with one attached hydrogen (secondary N) is 3. The molecule has 2 fully saturated rings. The van der Waals surface area contributed by atoms with E-state index < -0.39 is 29.0 Å². The Kier molecular flexibility index (Phi) is 9.38. The lowest BCUT2D eigenvalue weighted by Gasteiger charge is -2.21. The monoisotopic (exact) mass is 553 g/mol. The van der Waals surface area contributed by atoms with Crippen LogP contribution in [0.25, 0.3) is 0 Å². The van der Waals surface area contributed by atoms with Gasteiger partial charge in [-0.15, -0.1) is 24.0 Å². The summed E-state index contributed by atoms with van der Waals surface area (Å²) < 4.78 is 39.9. The minimum absolute atomic E-state index is 0. The van der Waals surface area contributed by atoms with Gasteiger partial charge in [-0.05, 0) is 31.4 Å². The van der Waals surface area contributed by atoms with Crippen LogP contribution in [0.3, 0.4) is 0 Å². The number of hydrogen-bond acceptors (Lipinski definition) is 3. The van der Waals surface area contributed by atoms with Crippen molar-refractivity contribution in [3.05, 3.63) is 29.6 Å². The number of hydrogen-bond donors (Lipinski definition) is 3. The minimum atomic E-state index is -1.64.